The van der Waals surface area contributed by atoms with Crippen LogP contribution >= 0.6 is 11.6 Å². The van der Waals surface area contributed by atoms with Crippen LogP contribution in [-0.4, -0.2) is 33.7 Å². The van der Waals surface area contributed by atoms with Crippen LogP contribution in [0.5, 0.6) is 5.75 Å². The van der Waals surface area contributed by atoms with Gasteiger partial charge in [-0.3, -0.25) is 0 Å². The lowest BCUT2D eigenvalue weighted by Gasteiger charge is -2.32. The molecule has 0 aliphatic carbocycles. The molecule has 1 aromatic heterocycles. The molecule has 0 aliphatic rings. The maximum atomic E-state index is 10.3. The number of nitrogens with zero attached hydrogens (tertiary/aromatic N) is 3. The number of anilines is 1. The minimum atomic E-state index is 0.00768. The molecule has 148 valence electrons. The third kappa shape index (κ3) is 4.21. The van der Waals surface area contributed by atoms with E-state index in [1.807, 2.05) is 30.3 Å². The minimum absolute atomic E-state index is 0.00768. The standard InChI is InChI=1S/C22H27ClN4O/c1-13(2)18(24)12-27(14(3)4)22-16-10-9-15(23)11-19(16)25-21(26-22)17-7-5-6-8-20(17)28/h5-11,13-14,18,28H,12,24H2,1-4H3. The molecule has 3 rings (SSSR count). The number of fused-ring (bicyclic) bond motifs is 1. The maximum absolute atomic E-state index is 10.3. The van der Waals surface area contributed by atoms with Crippen LogP contribution in [0.15, 0.2) is 42.5 Å². The van der Waals surface area contributed by atoms with Gasteiger partial charge in [-0.05, 0) is 50.1 Å². The van der Waals surface area contributed by atoms with Crippen LogP contribution in [0.3, 0.4) is 0 Å². The average molecular weight is 399 g/mol. The molecule has 1 atom stereocenters. The number of phenolic OH excluding ortho intramolecular Hbond substituents is 1. The highest BCUT2D eigenvalue weighted by molar-refractivity contribution is 6.31. The van der Waals surface area contributed by atoms with E-state index in [1.54, 1.807) is 12.1 Å². The summed E-state index contributed by atoms with van der Waals surface area (Å²) in [6.07, 6.45) is 0. The Morgan fingerprint density at radius 1 is 1.07 bits per heavy atom. The third-order valence-electron chi connectivity index (χ3n) is 4.94. The van der Waals surface area contributed by atoms with Gasteiger partial charge in [0.05, 0.1) is 11.1 Å². The second-order valence-electron chi connectivity index (χ2n) is 7.70. The fourth-order valence-corrected chi connectivity index (χ4v) is 3.23. The van der Waals surface area contributed by atoms with E-state index in [-0.39, 0.29) is 17.8 Å². The summed E-state index contributed by atoms with van der Waals surface area (Å²) in [5, 5.41) is 11.8. The van der Waals surface area contributed by atoms with Gasteiger partial charge in [0.2, 0.25) is 0 Å². The van der Waals surface area contributed by atoms with Gasteiger partial charge in [-0.15, -0.1) is 0 Å². The summed E-state index contributed by atoms with van der Waals surface area (Å²) in [6, 6.07) is 12.9. The monoisotopic (exact) mass is 398 g/mol. The van der Waals surface area contributed by atoms with E-state index < -0.39 is 0 Å². The molecular formula is C22H27ClN4O. The molecule has 3 N–H and O–H groups in total. The number of phenols is 1. The molecule has 2 aromatic carbocycles. The fourth-order valence-electron chi connectivity index (χ4n) is 3.07. The van der Waals surface area contributed by atoms with Crippen molar-refractivity contribution in [1.29, 1.82) is 0 Å². The lowest BCUT2D eigenvalue weighted by Crippen LogP contribution is -2.44. The molecular weight excluding hydrogens is 372 g/mol. The first kappa shape index (κ1) is 20.4. The second-order valence-corrected chi connectivity index (χ2v) is 8.14. The highest BCUT2D eigenvalue weighted by Gasteiger charge is 2.22. The average Bonchev–Trinajstić information content (AvgIpc) is 2.64. The molecule has 1 heterocycles. The van der Waals surface area contributed by atoms with E-state index in [2.05, 4.69) is 37.6 Å². The Bertz CT molecular complexity index is 974. The predicted molar refractivity (Wildman–Crippen MR) is 117 cm³/mol. The van der Waals surface area contributed by atoms with E-state index in [0.29, 0.717) is 28.9 Å². The Balaban J connectivity index is 2.23. The molecule has 28 heavy (non-hydrogen) atoms. The highest BCUT2D eigenvalue weighted by atomic mass is 35.5. The Kier molecular flexibility index (Phi) is 6.06. The topological polar surface area (TPSA) is 75.3 Å². The van der Waals surface area contributed by atoms with Gasteiger partial charge in [-0.25, -0.2) is 9.97 Å². The summed E-state index contributed by atoms with van der Waals surface area (Å²) in [5.41, 5.74) is 7.71. The zero-order chi connectivity index (χ0) is 20.4. The van der Waals surface area contributed by atoms with Crippen LogP contribution < -0.4 is 10.6 Å². The maximum Gasteiger partial charge on any atom is 0.165 e. The smallest absolute Gasteiger partial charge is 0.165 e. The van der Waals surface area contributed by atoms with Gasteiger partial charge in [0, 0.05) is 29.0 Å². The van der Waals surface area contributed by atoms with Crippen LogP contribution in [0.4, 0.5) is 5.82 Å². The van der Waals surface area contributed by atoms with E-state index >= 15 is 0 Å². The number of halogens is 1. The van der Waals surface area contributed by atoms with E-state index in [9.17, 15) is 5.11 Å². The number of aromatic hydroxyl groups is 1. The van der Waals surface area contributed by atoms with Crippen molar-refractivity contribution in [3.05, 3.63) is 47.5 Å². The molecule has 0 fully saturated rings. The number of benzene rings is 2. The number of rotatable bonds is 6. The van der Waals surface area contributed by atoms with Crippen molar-refractivity contribution < 1.29 is 5.11 Å². The first-order chi connectivity index (χ1) is 13.3. The quantitative estimate of drug-likeness (QED) is 0.620. The van der Waals surface area contributed by atoms with Gasteiger partial charge in [-0.2, -0.15) is 0 Å². The van der Waals surface area contributed by atoms with Crippen molar-refractivity contribution in [1.82, 2.24) is 9.97 Å². The molecule has 0 saturated carbocycles. The summed E-state index contributed by atoms with van der Waals surface area (Å²) in [5.74, 6) is 1.75. The molecule has 1 unspecified atom stereocenters. The number of aromatic nitrogens is 2. The SMILES string of the molecule is CC(C)C(N)CN(c1nc(-c2ccccc2O)nc2cc(Cl)ccc12)C(C)C. The van der Waals surface area contributed by atoms with Gasteiger partial charge in [-0.1, -0.05) is 37.6 Å². The minimum Gasteiger partial charge on any atom is -0.507 e. The van der Waals surface area contributed by atoms with Crippen molar-refractivity contribution in [2.75, 3.05) is 11.4 Å². The molecule has 0 bridgehead atoms. The summed E-state index contributed by atoms with van der Waals surface area (Å²) < 4.78 is 0. The normalized spacial score (nSPS) is 12.7. The number of hydrogen-bond acceptors (Lipinski definition) is 5. The first-order valence-electron chi connectivity index (χ1n) is 9.55. The van der Waals surface area contributed by atoms with Gasteiger partial charge < -0.3 is 15.7 Å². The number of hydrogen-bond donors (Lipinski definition) is 2. The van der Waals surface area contributed by atoms with E-state index in [0.717, 1.165) is 16.7 Å². The molecule has 0 saturated heterocycles. The lowest BCUT2D eigenvalue weighted by molar-refractivity contribution is 0.471. The molecule has 6 heteroatoms. The van der Waals surface area contributed by atoms with Crippen LogP contribution in [-0.2, 0) is 0 Å². The molecule has 0 spiro atoms. The van der Waals surface area contributed by atoms with Crippen molar-refractivity contribution >= 4 is 28.3 Å². The van der Waals surface area contributed by atoms with Crippen molar-refractivity contribution in [3.63, 3.8) is 0 Å². The molecule has 3 aromatic rings. The fraction of sp³-hybridized carbons (Fsp3) is 0.364. The highest BCUT2D eigenvalue weighted by Crippen LogP contribution is 2.33. The summed E-state index contributed by atoms with van der Waals surface area (Å²) in [4.78, 5) is 11.7. The Morgan fingerprint density at radius 3 is 2.43 bits per heavy atom. The van der Waals surface area contributed by atoms with Crippen molar-refractivity contribution in [2.24, 2.45) is 11.7 Å². The Hall–Kier alpha value is -2.37. The first-order valence-corrected chi connectivity index (χ1v) is 9.93. The molecule has 0 radical (unpaired) electrons. The predicted octanol–water partition coefficient (Wildman–Crippen LogP) is 4.85. The summed E-state index contributed by atoms with van der Waals surface area (Å²) in [7, 11) is 0. The third-order valence-corrected chi connectivity index (χ3v) is 5.18. The van der Waals surface area contributed by atoms with E-state index in [4.69, 9.17) is 22.3 Å². The second kappa shape index (κ2) is 8.33. The molecule has 0 amide bonds. The van der Waals surface area contributed by atoms with E-state index in [1.165, 1.54) is 0 Å². The lowest BCUT2D eigenvalue weighted by atomic mass is 10.0. The Labute approximate surface area is 171 Å². The largest absolute Gasteiger partial charge is 0.507 e. The van der Waals surface area contributed by atoms with Crippen molar-refractivity contribution in [2.45, 2.75) is 39.8 Å². The molecule has 5 nitrogen and oxygen atoms in total. The van der Waals surface area contributed by atoms with Gasteiger partial charge in [0.25, 0.3) is 0 Å². The van der Waals surface area contributed by atoms with Crippen molar-refractivity contribution in [3.8, 4) is 17.1 Å². The zero-order valence-electron chi connectivity index (χ0n) is 16.7. The van der Waals surface area contributed by atoms with Crippen LogP contribution in [0, 0.1) is 5.92 Å². The Morgan fingerprint density at radius 2 is 1.79 bits per heavy atom. The van der Waals surface area contributed by atoms with Crippen LogP contribution in [0.1, 0.15) is 27.7 Å². The summed E-state index contributed by atoms with van der Waals surface area (Å²) in [6.45, 7) is 9.15. The van der Waals surface area contributed by atoms with Crippen LogP contribution in [0.2, 0.25) is 5.02 Å². The number of para-hydroxylation sites is 1. The molecule has 0 aliphatic heterocycles. The van der Waals surface area contributed by atoms with Gasteiger partial charge in [0.15, 0.2) is 5.82 Å². The zero-order valence-corrected chi connectivity index (χ0v) is 17.5. The number of nitrogens with two attached hydrogens (primary N) is 1. The van der Waals surface area contributed by atoms with Crippen LogP contribution in [0.25, 0.3) is 22.3 Å². The van der Waals surface area contributed by atoms with Gasteiger partial charge in [0.1, 0.15) is 11.6 Å². The summed E-state index contributed by atoms with van der Waals surface area (Å²) >= 11 is 6.23. The van der Waals surface area contributed by atoms with Gasteiger partial charge >= 0.3 is 0 Å².